The molecule has 1 aromatic rings. The van der Waals surface area contributed by atoms with Gasteiger partial charge in [0, 0.05) is 21.9 Å². The van der Waals surface area contributed by atoms with Crippen LogP contribution in [-0.4, -0.2) is 26.0 Å². The molecule has 2 bridgehead atoms. The van der Waals surface area contributed by atoms with E-state index in [0.29, 0.717) is 36.6 Å². The predicted molar refractivity (Wildman–Crippen MR) is 124 cm³/mol. The molecule has 1 aromatic carbocycles. The van der Waals surface area contributed by atoms with Crippen molar-refractivity contribution in [2.24, 2.45) is 23.7 Å². The van der Waals surface area contributed by atoms with Crippen LogP contribution >= 0.6 is 22.6 Å². The lowest BCUT2D eigenvalue weighted by Crippen LogP contribution is -2.34. The maximum atomic E-state index is 12.4. The number of halogens is 1. The third-order valence-corrected chi connectivity index (χ3v) is 7.82. The molecule has 2 N–H and O–H groups in total. The van der Waals surface area contributed by atoms with Crippen molar-refractivity contribution in [2.75, 3.05) is 6.54 Å². The Morgan fingerprint density at radius 2 is 2.07 bits per heavy atom. The Balaban J connectivity index is 1.56. The Morgan fingerprint density at radius 3 is 2.83 bits per heavy atom. The number of nitrogens with one attached hydrogen (secondary N) is 1. The minimum Gasteiger partial charge on any atom is -0.481 e. The molecule has 0 aromatic heterocycles. The van der Waals surface area contributed by atoms with Gasteiger partial charge < -0.3 is 5.11 Å². The molecule has 2 saturated carbocycles. The van der Waals surface area contributed by atoms with Crippen LogP contribution in [0.1, 0.15) is 44.1 Å². The number of sulfonamides is 1. The number of carboxylic acid groups (broad SMARTS) is 1. The van der Waals surface area contributed by atoms with Crippen molar-refractivity contribution in [1.29, 1.82) is 0 Å². The molecule has 0 saturated heterocycles. The summed E-state index contributed by atoms with van der Waals surface area (Å²) in [6.45, 7) is 0.463. The first kappa shape index (κ1) is 22.5. The molecule has 158 valence electrons. The van der Waals surface area contributed by atoms with Crippen LogP contribution in [0.5, 0.6) is 0 Å². The van der Waals surface area contributed by atoms with Crippen LogP contribution in [0.2, 0.25) is 0 Å². The minimum absolute atomic E-state index is 0.192. The molecule has 5 nitrogen and oxygen atoms in total. The summed E-state index contributed by atoms with van der Waals surface area (Å²) in [7, 11) is -3.48. The standard InChI is InChI=1S/C22H28INO4S/c23-19-6-4-5-16(13-19)11-12-29(27,28)24-15-21-18-10-9-17(14-18)20(21)7-2-1-3-8-22(25)26/h2,4-7,11-13,17-18,20-21,24H,1,3,8-10,14-15H2,(H,25,26). The van der Waals surface area contributed by atoms with Crippen LogP contribution < -0.4 is 4.72 Å². The van der Waals surface area contributed by atoms with E-state index in [1.54, 1.807) is 6.08 Å². The molecule has 0 radical (unpaired) electrons. The number of hydrogen-bond donors (Lipinski definition) is 2. The zero-order valence-electron chi connectivity index (χ0n) is 16.3. The van der Waals surface area contributed by atoms with Crippen molar-refractivity contribution in [3.63, 3.8) is 0 Å². The summed E-state index contributed by atoms with van der Waals surface area (Å²) in [5.41, 5.74) is 0.865. The van der Waals surface area contributed by atoms with Crippen LogP contribution in [0.25, 0.3) is 6.08 Å². The van der Waals surface area contributed by atoms with Gasteiger partial charge in [-0.05, 0) is 102 Å². The first-order valence-corrected chi connectivity index (χ1v) is 12.8. The van der Waals surface area contributed by atoms with E-state index in [4.69, 9.17) is 5.11 Å². The van der Waals surface area contributed by atoms with Gasteiger partial charge in [-0.1, -0.05) is 24.3 Å². The van der Waals surface area contributed by atoms with E-state index in [2.05, 4.69) is 39.5 Å². The van der Waals surface area contributed by atoms with Crippen molar-refractivity contribution < 1.29 is 18.3 Å². The minimum atomic E-state index is -3.48. The van der Waals surface area contributed by atoms with Gasteiger partial charge in [0.15, 0.2) is 0 Å². The van der Waals surface area contributed by atoms with Gasteiger partial charge in [-0.25, -0.2) is 13.1 Å². The maximum Gasteiger partial charge on any atom is 0.303 e. The predicted octanol–water partition coefficient (Wildman–Crippen LogP) is 4.65. The van der Waals surface area contributed by atoms with Crippen LogP contribution in [-0.2, 0) is 14.8 Å². The van der Waals surface area contributed by atoms with Gasteiger partial charge in [0.25, 0.3) is 0 Å². The van der Waals surface area contributed by atoms with Crippen molar-refractivity contribution in [3.05, 3.63) is 51.0 Å². The normalized spacial score (nSPS) is 26.7. The van der Waals surface area contributed by atoms with E-state index in [1.807, 2.05) is 24.3 Å². The molecule has 2 aliphatic rings. The van der Waals surface area contributed by atoms with Gasteiger partial charge in [0.2, 0.25) is 10.0 Å². The Bertz CT molecular complexity index is 881. The number of fused-ring (bicyclic) bond motifs is 2. The number of rotatable bonds is 10. The number of aliphatic carboxylic acids is 1. The first-order chi connectivity index (χ1) is 13.8. The quantitative estimate of drug-likeness (QED) is 0.263. The number of unbranched alkanes of at least 4 members (excludes halogenated alkanes) is 1. The molecule has 3 rings (SSSR count). The summed E-state index contributed by atoms with van der Waals surface area (Å²) in [5.74, 6) is 1.17. The van der Waals surface area contributed by atoms with Gasteiger partial charge in [0.1, 0.15) is 0 Å². The first-order valence-electron chi connectivity index (χ1n) is 10.2. The molecular weight excluding hydrogens is 501 g/mol. The molecule has 4 atom stereocenters. The maximum absolute atomic E-state index is 12.4. The Labute approximate surface area is 186 Å². The second-order valence-electron chi connectivity index (χ2n) is 8.04. The summed E-state index contributed by atoms with van der Waals surface area (Å²) >= 11 is 2.21. The molecule has 0 amide bonds. The van der Waals surface area contributed by atoms with Crippen molar-refractivity contribution >= 4 is 44.7 Å². The summed E-state index contributed by atoms with van der Waals surface area (Å²) in [4.78, 5) is 10.6. The average molecular weight is 529 g/mol. The highest BCUT2D eigenvalue weighted by Crippen LogP contribution is 2.52. The largest absolute Gasteiger partial charge is 0.481 e. The zero-order chi connectivity index (χ0) is 20.9. The fraction of sp³-hybridized carbons (Fsp3) is 0.500. The summed E-state index contributed by atoms with van der Waals surface area (Å²) < 4.78 is 28.8. The van der Waals surface area contributed by atoms with Crippen molar-refractivity contribution in [3.8, 4) is 0 Å². The number of carboxylic acids is 1. The number of carbonyl (C=O) groups is 1. The third kappa shape index (κ3) is 6.65. The smallest absolute Gasteiger partial charge is 0.303 e. The van der Waals surface area contributed by atoms with Gasteiger partial charge >= 0.3 is 5.97 Å². The molecule has 0 spiro atoms. The van der Waals surface area contributed by atoms with Crippen LogP contribution in [0.3, 0.4) is 0 Å². The Kier molecular flexibility index (Phi) is 7.92. The van der Waals surface area contributed by atoms with E-state index in [0.717, 1.165) is 15.6 Å². The van der Waals surface area contributed by atoms with Crippen LogP contribution in [0.4, 0.5) is 0 Å². The average Bonchev–Trinajstić information content (AvgIpc) is 3.26. The highest BCUT2D eigenvalue weighted by molar-refractivity contribution is 14.1. The molecule has 2 fully saturated rings. The zero-order valence-corrected chi connectivity index (χ0v) is 19.3. The summed E-state index contributed by atoms with van der Waals surface area (Å²) in [6, 6.07) is 7.70. The van der Waals surface area contributed by atoms with Gasteiger partial charge in [-0.3, -0.25) is 4.79 Å². The monoisotopic (exact) mass is 529 g/mol. The molecule has 29 heavy (non-hydrogen) atoms. The lowest BCUT2D eigenvalue weighted by Gasteiger charge is -2.29. The second kappa shape index (κ2) is 10.2. The third-order valence-electron chi connectivity index (χ3n) is 6.09. The van der Waals surface area contributed by atoms with E-state index in [1.165, 1.54) is 24.7 Å². The number of allylic oxidation sites excluding steroid dienone is 2. The van der Waals surface area contributed by atoms with Crippen LogP contribution in [0.15, 0.2) is 41.8 Å². The molecule has 0 aliphatic heterocycles. The Morgan fingerprint density at radius 1 is 1.28 bits per heavy atom. The second-order valence-corrected chi connectivity index (χ2v) is 10.9. The van der Waals surface area contributed by atoms with Crippen molar-refractivity contribution in [1.82, 2.24) is 4.72 Å². The van der Waals surface area contributed by atoms with E-state index < -0.39 is 16.0 Å². The lowest BCUT2D eigenvalue weighted by atomic mass is 9.79. The van der Waals surface area contributed by atoms with Gasteiger partial charge in [-0.2, -0.15) is 0 Å². The molecule has 0 heterocycles. The van der Waals surface area contributed by atoms with E-state index in [-0.39, 0.29) is 6.42 Å². The fourth-order valence-electron chi connectivity index (χ4n) is 4.72. The highest BCUT2D eigenvalue weighted by Gasteiger charge is 2.46. The summed E-state index contributed by atoms with van der Waals surface area (Å²) in [5, 5.41) is 9.99. The summed E-state index contributed by atoms with van der Waals surface area (Å²) in [6.07, 6.45) is 11.1. The van der Waals surface area contributed by atoms with Crippen molar-refractivity contribution in [2.45, 2.75) is 38.5 Å². The van der Waals surface area contributed by atoms with E-state index in [9.17, 15) is 13.2 Å². The van der Waals surface area contributed by atoms with Gasteiger partial charge in [-0.15, -0.1) is 0 Å². The van der Waals surface area contributed by atoms with Gasteiger partial charge in [0.05, 0.1) is 0 Å². The Hall–Kier alpha value is -1.19. The lowest BCUT2D eigenvalue weighted by molar-refractivity contribution is -0.137. The van der Waals surface area contributed by atoms with E-state index >= 15 is 0 Å². The van der Waals surface area contributed by atoms with Crippen LogP contribution in [0, 0.1) is 27.2 Å². The molecule has 2 aliphatic carbocycles. The SMILES string of the molecule is O=C(O)CCCC=CC1C2CCC(C2)C1CNS(=O)(=O)C=Cc1cccc(I)c1. The molecule has 4 unspecified atom stereocenters. The molecular formula is C22H28INO4S. The number of benzene rings is 1. The molecule has 7 heteroatoms. The highest BCUT2D eigenvalue weighted by atomic mass is 127. The number of hydrogen-bond acceptors (Lipinski definition) is 3. The fourth-order valence-corrected chi connectivity index (χ4v) is 6.15. The topological polar surface area (TPSA) is 83.5 Å².